The van der Waals surface area contributed by atoms with Crippen LogP contribution in [0.5, 0.6) is 11.5 Å². The smallest absolute Gasteiger partial charge is 0.182 e. The minimum absolute atomic E-state index is 0.405. The van der Waals surface area contributed by atoms with Crippen LogP contribution in [-0.4, -0.2) is 49.8 Å². The largest absolute Gasteiger partial charge is 0.453 e. The first-order valence-electron chi connectivity index (χ1n) is 19.1. The Labute approximate surface area is 343 Å². The lowest BCUT2D eigenvalue weighted by molar-refractivity contribution is 0.477. The molecule has 0 fully saturated rings. The molecule has 0 atom stereocenters. The van der Waals surface area contributed by atoms with E-state index in [2.05, 4.69) is 61.2 Å². The highest BCUT2D eigenvalue weighted by molar-refractivity contribution is 6.02. The Hall–Kier alpha value is -8.64. The maximum atomic E-state index is 6.36. The van der Waals surface area contributed by atoms with Gasteiger partial charge in [-0.3, -0.25) is 19.9 Å². The molecule has 11 rings (SSSR count). The van der Waals surface area contributed by atoms with Gasteiger partial charge in [-0.1, -0.05) is 54.6 Å². The second-order valence-corrected chi connectivity index (χ2v) is 13.8. The third-order valence-electron chi connectivity index (χ3n) is 9.97. The Morgan fingerprint density at radius 3 is 1.27 bits per heavy atom. The van der Waals surface area contributed by atoms with Crippen LogP contribution >= 0.6 is 0 Å². The summed E-state index contributed by atoms with van der Waals surface area (Å²) in [5, 5.41) is 1.78. The van der Waals surface area contributed by atoms with E-state index in [-0.39, 0.29) is 0 Å². The number of hydrogen-bond donors (Lipinski definition) is 0. The van der Waals surface area contributed by atoms with Crippen molar-refractivity contribution in [2.45, 2.75) is 0 Å². The van der Waals surface area contributed by atoms with E-state index in [9.17, 15) is 0 Å². The topological polar surface area (TPSA) is 141 Å². The molecule has 0 unspecified atom stereocenters. The number of anilines is 3. The van der Waals surface area contributed by atoms with Crippen LogP contribution in [0.2, 0.25) is 0 Å². The van der Waals surface area contributed by atoms with Crippen molar-refractivity contribution in [3.63, 3.8) is 0 Å². The summed E-state index contributed by atoms with van der Waals surface area (Å²) in [5.74, 6) is 4.00. The second kappa shape index (κ2) is 14.7. The van der Waals surface area contributed by atoms with E-state index in [0.29, 0.717) is 63.3 Å². The van der Waals surface area contributed by atoms with Crippen LogP contribution < -0.4 is 9.64 Å². The molecule has 7 heterocycles. The van der Waals surface area contributed by atoms with Crippen molar-refractivity contribution in [1.82, 2.24) is 49.8 Å². The SMILES string of the molecule is c1ccc(-c2nc(-c3cc(-c4nc(-c5ccccn5)nc(-c5ccccn5)n4)c4cc(N5c6ccccc6Oc6ccccc65)ccc4c3)nc(-c3ccccn3)n2)nc1. The zero-order chi connectivity index (χ0) is 39.8. The Kier molecular flexibility index (Phi) is 8.48. The van der Waals surface area contributed by atoms with Crippen LogP contribution in [0.4, 0.5) is 17.1 Å². The molecule has 12 nitrogen and oxygen atoms in total. The Balaban J connectivity index is 1.18. The lowest BCUT2D eigenvalue weighted by atomic mass is 9.98. The molecule has 0 saturated heterocycles. The summed E-state index contributed by atoms with van der Waals surface area (Å²) in [5.41, 5.74) is 6.57. The lowest BCUT2D eigenvalue weighted by Crippen LogP contribution is -2.15. The quantitative estimate of drug-likeness (QED) is 0.152. The predicted molar refractivity (Wildman–Crippen MR) is 229 cm³/mol. The summed E-state index contributed by atoms with van der Waals surface area (Å²) in [4.78, 5) is 50.5. The number of ether oxygens (including phenoxy) is 1. The van der Waals surface area contributed by atoms with Crippen molar-refractivity contribution in [3.05, 3.63) is 176 Å². The summed E-state index contributed by atoms with van der Waals surface area (Å²) >= 11 is 0. The van der Waals surface area contributed by atoms with E-state index in [0.717, 1.165) is 44.9 Å². The van der Waals surface area contributed by atoms with E-state index in [1.54, 1.807) is 24.8 Å². The first-order valence-corrected chi connectivity index (χ1v) is 19.1. The van der Waals surface area contributed by atoms with Crippen LogP contribution in [0.3, 0.4) is 0 Å². The molecule has 282 valence electrons. The van der Waals surface area contributed by atoms with Crippen molar-refractivity contribution in [2.24, 2.45) is 0 Å². The highest BCUT2D eigenvalue weighted by Gasteiger charge is 2.26. The van der Waals surface area contributed by atoms with Gasteiger partial charge in [-0.2, -0.15) is 0 Å². The van der Waals surface area contributed by atoms with Crippen LogP contribution in [0.15, 0.2) is 176 Å². The monoisotopic (exact) mass is 775 g/mol. The molecule has 12 heteroatoms. The molecule has 0 N–H and O–H groups in total. The third-order valence-corrected chi connectivity index (χ3v) is 9.97. The number of rotatable bonds is 7. The molecule has 4 aromatic carbocycles. The van der Waals surface area contributed by atoms with Gasteiger partial charge in [0.1, 0.15) is 22.8 Å². The second-order valence-electron chi connectivity index (χ2n) is 13.8. The van der Waals surface area contributed by atoms with Crippen molar-refractivity contribution in [1.29, 1.82) is 0 Å². The molecule has 0 radical (unpaired) electrons. The number of nitrogens with zero attached hydrogens (tertiary/aromatic N) is 11. The van der Waals surface area contributed by atoms with Crippen molar-refractivity contribution in [2.75, 3.05) is 4.90 Å². The number of pyridine rings is 4. The number of fused-ring (bicyclic) bond motifs is 3. The lowest BCUT2D eigenvalue weighted by Gasteiger charge is -2.33. The van der Waals surface area contributed by atoms with Gasteiger partial charge in [0.05, 0.1) is 11.4 Å². The summed E-state index contributed by atoms with van der Waals surface area (Å²) < 4.78 is 6.36. The van der Waals surface area contributed by atoms with E-state index in [4.69, 9.17) is 34.6 Å². The zero-order valence-corrected chi connectivity index (χ0v) is 31.6. The standard InChI is InChI=1S/C48H29N11O/c1-3-19-41-39(17-1)59(40-18-2-4-20-42(40)60-41)32-22-21-30-27-31(43-53-45(35-13-5-9-23-49-35)57-46(54-43)36-14-6-10-24-50-36)28-34(33(30)29-32)44-55-47(37-15-7-11-25-51-37)58-48(56-44)38-16-8-12-26-52-38/h1-29H. The molecule has 10 aromatic rings. The normalized spacial score (nSPS) is 11.8. The highest BCUT2D eigenvalue weighted by atomic mass is 16.5. The molecular formula is C48H29N11O. The number of aromatic nitrogens is 10. The maximum absolute atomic E-state index is 6.36. The molecule has 0 saturated carbocycles. The molecular weight excluding hydrogens is 747 g/mol. The van der Waals surface area contributed by atoms with Gasteiger partial charge in [-0.25, -0.2) is 29.9 Å². The Morgan fingerprint density at radius 2 is 0.800 bits per heavy atom. The van der Waals surface area contributed by atoms with Crippen molar-refractivity contribution < 1.29 is 4.74 Å². The summed E-state index contributed by atoms with van der Waals surface area (Å²) in [7, 11) is 0. The molecule has 0 spiro atoms. The van der Waals surface area contributed by atoms with Gasteiger partial charge in [0.15, 0.2) is 46.4 Å². The average Bonchev–Trinajstić information content (AvgIpc) is 3.33. The highest BCUT2D eigenvalue weighted by Crippen LogP contribution is 2.51. The van der Waals surface area contributed by atoms with Crippen molar-refractivity contribution >= 4 is 27.8 Å². The molecule has 1 aliphatic rings. The minimum Gasteiger partial charge on any atom is -0.453 e. The van der Waals surface area contributed by atoms with Crippen LogP contribution in [-0.2, 0) is 0 Å². The summed E-state index contributed by atoms with van der Waals surface area (Å²) in [6, 6.07) is 49.1. The Morgan fingerprint density at radius 1 is 0.367 bits per heavy atom. The van der Waals surface area contributed by atoms with Gasteiger partial charge in [0, 0.05) is 41.6 Å². The molecule has 1 aliphatic heterocycles. The number of para-hydroxylation sites is 4. The fourth-order valence-corrected chi connectivity index (χ4v) is 7.22. The van der Waals surface area contributed by atoms with Gasteiger partial charge >= 0.3 is 0 Å². The first-order chi connectivity index (χ1) is 29.7. The Bertz CT molecular complexity index is 3030. The van der Waals surface area contributed by atoms with Gasteiger partial charge in [-0.05, 0) is 108 Å². The molecule has 60 heavy (non-hydrogen) atoms. The van der Waals surface area contributed by atoms with Crippen molar-refractivity contribution in [3.8, 4) is 80.3 Å². The number of benzene rings is 4. The van der Waals surface area contributed by atoms with E-state index in [1.807, 2.05) is 115 Å². The molecule has 6 aromatic heterocycles. The van der Waals surface area contributed by atoms with Gasteiger partial charge in [0.2, 0.25) is 0 Å². The number of hydrogen-bond acceptors (Lipinski definition) is 12. The average molecular weight is 776 g/mol. The summed E-state index contributed by atoms with van der Waals surface area (Å²) in [6.07, 6.45) is 6.88. The first kappa shape index (κ1) is 34.6. The van der Waals surface area contributed by atoms with Gasteiger partial charge in [0.25, 0.3) is 0 Å². The predicted octanol–water partition coefficient (Wildman–Crippen LogP) is 10.4. The summed E-state index contributed by atoms with van der Waals surface area (Å²) in [6.45, 7) is 0. The molecule has 0 bridgehead atoms. The van der Waals surface area contributed by atoms with E-state index >= 15 is 0 Å². The zero-order valence-electron chi connectivity index (χ0n) is 31.6. The van der Waals surface area contributed by atoms with Gasteiger partial charge < -0.3 is 9.64 Å². The van der Waals surface area contributed by atoms with E-state index < -0.39 is 0 Å². The molecule has 0 aliphatic carbocycles. The molecule has 0 amide bonds. The van der Waals surface area contributed by atoms with Crippen LogP contribution in [0, 0.1) is 0 Å². The van der Waals surface area contributed by atoms with Crippen LogP contribution in [0.25, 0.3) is 79.6 Å². The van der Waals surface area contributed by atoms with E-state index in [1.165, 1.54) is 0 Å². The minimum atomic E-state index is 0.405. The third kappa shape index (κ3) is 6.39. The van der Waals surface area contributed by atoms with Crippen LogP contribution in [0.1, 0.15) is 0 Å². The van der Waals surface area contributed by atoms with Gasteiger partial charge in [-0.15, -0.1) is 0 Å². The fraction of sp³-hybridized carbons (Fsp3) is 0. The fourth-order valence-electron chi connectivity index (χ4n) is 7.22. The maximum Gasteiger partial charge on any atom is 0.182 e.